The number of nitrogens with zero attached hydrogens (tertiary/aromatic N) is 5. The summed E-state index contributed by atoms with van der Waals surface area (Å²) < 4.78 is 8.10. The first-order chi connectivity index (χ1) is 13.2. The summed E-state index contributed by atoms with van der Waals surface area (Å²) in [5.41, 5.74) is 2.89. The van der Waals surface area contributed by atoms with Crippen molar-refractivity contribution in [2.75, 3.05) is 13.1 Å². The number of phenolic OH excluding ortho intramolecular Hbond substituents is 1. The monoisotopic (exact) mass is 365 g/mol. The third kappa shape index (κ3) is 4.25. The highest BCUT2D eigenvalue weighted by Gasteiger charge is 2.22. The second-order valence-corrected chi connectivity index (χ2v) is 6.89. The number of aromatic hydroxyl groups is 1. The highest BCUT2D eigenvalue weighted by atomic mass is 16.5. The lowest BCUT2D eigenvalue weighted by atomic mass is 10.1. The lowest BCUT2D eigenvalue weighted by Crippen LogP contribution is -2.37. The number of phenols is 1. The third-order valence-electron chi connectivity index (χ3n) is 4.82. The Hall–Kier alpha value is -2.93. The molecule has 3 aromatic rings. The SMILES string of the molecule is Cn1cc(CN2CCC(Oc3cc(O)ccc3-c3ccncn3)CC2)cn1. The van der Waals surface area contributed by atoms with Crippen molar-refractivity contribution in [2.24, 2.45) is 7.05 Å². The van der Waals surface area contributed by atoms with Crippen molar-refractivity contribution in [1.29, 1.82) is 0 Å². The minimum Gasteiger partial charge on any atom is -0.508 e. The van der Waals surface area contributed by atoms with E-state index < -0.39 is 0 Å². The normalized spacial score (nSPS) is 15.7. The molecule has 3 heterocycles. The van der Waals surface area contributed by atoms with Crippen LogP contribution < -0.4 is 4.74 Å². The van der Waals surface area contributed by atoms with Gasteiger partial charge in [0.15, 0.2) is 0 Å². The van der Waals surface area contributed by atoms with Crippen molar-refractivity contribution in [3.63, 3.8) is 0 Å². The Bertz CT molecular complexity index is 888. The van der Waals surface area contributed by atoms with Crippen LogP contribution >= 0.6 is 0 Å². The largest absolute Gasteiger partial charge is 0.508 e. The van der Waals surface area contributed by atoms with Gasteiger partial charge >= 0.3 is 0 Å². The third-order valence-corrected chi connectivity index (χ3v) is 4.82. The van der Waals surface area contributed by atoms with Gasteiger partial charge in [-0.2, -0.15) is 5.10 Å². The lowest BCUT2D eigenvalue weighted by Gasteiger charge is -2.32. The van der Waals surface area contributed by atoms with E-state index in [9.17, 15) is 5.11 Å². The molecule has 0 aliphatic carbocycles. The molecule has 4 rings (SSSR count). The molecule has 1 fully saturated rings. The Morgan fingerprint density at radius 2 is 2.07 bits per heavy atom. The summed E-state index contributed by atoms with van der Waals surface area (Å²) >= 11 is 0. The molecule has 1 aromatic carbocycles. The zero-order chi connectivity index (χ0) is 18.6. The fourth-order valence-corrected chi connectivity index (χ4v) is 3.45. The molecule has 7 heteroatoms. The summed E-state index contributed by atoms with van der Waals surface area (Å²) in [6.07, 6.45) is 9.21. The van der Waals surface area contributed by atoms with Gasteiger partial charge in [-0.05, 0) is 31.0 Å². The van der Waals surface area contributed by atoms with Crippen LogP contribution in [-0.2, 0) is 13.6 Å². The van der Waals surface area contributed by atoms with Gasteiger partial charge in [0.1, 0.15) is 23.9 Å². The maximum atomic E-state index is 9.89. The first-order valence-electron chi connectivity index (χ1n) is 9.13. The smallest absolute Gasteiger partial charge is 0.132 e. The van der Waals surface area contributed by atoms with E-state index in [1.54, 1.807) is 18.3 Å². The lowest BCUT2D eigenvalue weighted by molar-refractivity contribution is 0.0970. The molecular weight excluding hydrogens is 342 g/mol. The molecule has 1 aliphatic rings. The van der Waals surface area contributed by atoms with E-state index in [1.165, 1.54) is 11.9 Å². The van der Waals surface area contributed by atoms with E-state index in [2.05, 4.69) is 26.2 Å². The number of likely N-dealkylation sites (tertiary alicyclic amines) is 1. The Labute approximate surface area is 158 Å². The first-order valence-corrected chi connectivity index (χ1v) is 9.13. The van der Waals surface area contributed by atoms with E-state index in [0.29, 0.717) is 5.75 Å². The van der Waals surface area contributed by atoms with Crippen LogP contribution in [0.15, 0.2) is 49.2 Å². The molecule has 27 heavy (non-hydrogen) atoms. The maximum absolute atomic E-state index is 9.89. The molecule has 0 spiro atoms. The van der Waals surface area contributed by atoms with Gasteiger partial charge in [-0.3, -0.25) is 9.58 Å². The summed E-state index contributed by atoms with van der Waals surface area (Å²) in [5.74, 6) is 0.858. The highest BCUT2D eigenvalue weighted by molar-refractivity contribution is 5.68. The molecule has 140 valence electrons. The summed E-state index contributed by atoms with van der Waals surface area (Å²) in [6.45, 7) is 2.86. The molecule has 0 amide bonds. The van der Waals surface area contributed by atoms with Gasteiger partial charge in [-0.1, -0.05) is 0 Å². The molecule has 0 unspecified atom stereocenters. The Balaban J connectivity index is 1.41. The number of aryl methyl sites for hydroxylation is 1. The van der Waals surface area contributed by atoms with Crippen molar-refractivity contribution >= 4 is 0 Å². The van der Waals surface area contributed by atoms with Crippen molar-refractivity contribution in [1.82, 2.24) is 24.6 Å². The molecule has 7 nitrogen and oxygen atoms in total. The van der Waals surface area contributed by atoms with Crippen molar-refractivity contribution in [2.45, 2.75) is 25.5 Å². The van der Waals surface area contributed by atoms with Gasteiger partial charge in [-0.25, -0.2) is 9.97 Å². The maximum Gasteiger partial charge on any atom is 0.132 e. The van der Waals surface area contributed by atoms with Gasteiger partial charge in [0, 0.05) is 56.3 Å². The van der Waals surface area contributed by atoms with E-state index >= 15 is 0 Å². The zero-order valence-electron chi connectivity index (χ0n) is 15.3. The standard InChI is InChI=1S/C20H23N5O2/c1-24-12-15(11-23-24)13-25-8-5-17(6-9-25)27-20-10-16(26)2-3-18(20)19-4-7-21-14-22-19/h2-4,7,10-12,14,17,26H,5-6,8-9,13H2,1H3. The quantitative estimate of drug-likeness (QED) is 0.749. The number of ether oxygens (including phenoxy) is 1. The summed E-state index contributed by atoms with van der Waals surface area (Å²) in [7, 11) is 1.94. The summed E-state index contributed by atoms with van der Waals surface area (Å²) in [6, 6.07) is 7.00. The first kappa shape index (κ1) is 17.5. The van der Waals surface area contributed by atoms with Crippen LogP contribution in [-0.4, -0.2) is 48.9 Å². The molecule has 2 aromatic heterocycles. The topological polar surface area (TPSA) is 76.3 Å². The number of hydrogen-bond donors (Lipinski definition) is 1. The van der Waals surface area contributed by atoms with E-state index in [4.69, 9.17) is 4.74 Å². The number of aromatic nitrogens is 4. The average molecular weight is 365 g/mol. The van der Waals surface area contributed by atoms with Crippen molar-refractivity contribution in [3.05, 3.63) is 54.7 Å². The van der Waals surface area contributed by atoms with Crippen LogP contribution in [0.25, 0.3) is 11.3 Å². The molecule has 0 bridgehead atoms. The van der Waals surface area contributed by atoms with Crippen LogP contribution in [0.2, 0.25) is 0 Å². The second-order valence-electron chi connectivity index (χ2n) is 6.89. The van der Waals surface area contributed by atoms with Crippen LogP contribution in [0.5, 0.6) is 11.5 Å². The van der Waals surface area contributed by atoms with Crippen LogP contribution in [0.3, 0.4) is 0 Å². The van der Waals surface area contributed by atoms with Gasteiger partial charge in [-0.15, -0.1) is 0 Å². The van der Waals surface area contributed by atoms with E-state index in [0.717, 1.165) is 43.7 Å². The van der Waals surface area contributed by atoms with Crippen LogP contribution in [0.4, 0.5) is 0 Å². The van der Waals surface area contributed by atoms with Crippen molar-refractivity contribution < 1.29 is 9.84 Å². The number of piperidine rings is 1. The molecule has 0 radical (unpaired) electrons. The molecule has 0 atom stereocenters. The molecule has 0 saturated carbocycles. The predicted molar refractivity (Wildman–Crippen MR) is 101 cm³/mol. The number of rotatable bonds is 5. The Morgan fingerprint density at radius 3 is 2.78 bits per heavy atom. The van der Waals surface area contributed by atoms with Gasteiger partial charge in [0.25, 0.3) is 0 Å². The van der Waals surface area contributed by atoms with Gasteiger partial charge < -0.3 is 9.84 Å². The minimum atomic E-state index is 0.123. The van der Waals surface area contributed by atoms with Crippen LogP contribution in [0, 0.1) is 0 Å². The molecule has 1 N–H and O–H groups in total. The zero-order valence-corrected chi connectivity index (χ0v) is 15.3. The highest BCUT2D eigenvalue weighted by Crippen LogP contribution is 2.33. The summed E-state index contributed by atoms with van der Waals surface area (Å²) in [5, 5.41) is 14.1. The fourth-order valence-electron chi connectivity index (χ4n) is 3.45. The molecule has 1 aliphatic heterocycles. The second kappa shape index (κ2) is 7.75. The predicted octanol–water partition coefficient (Wildman–Crippen LogP) is 2.63. The van der Waals surface area contributed by atoms with E-state index in [1.807, 2.05) is 30.1 Å². The summed E-state index contributed by atoms with van der Waals surface area (Å²) in [4.78, 5) is 10.7. The van der Waals surface area contributed by atoms with Gasteiger partial charge in [0.2, 0.25) is 0 Å². The fraction of sp³-hybridized carbons (Fsp3) is 0.350. The van der Waals surface area contributed by atoms with Gasteiger partial charge in [0.05, 0.1) is 11.9 Å². The minimum absolute atomic E-state index is 0.123. The number of benzene rings is 1. The molecular formula is C20H23N5O2. The average Bonchev–Trinajstić information content (AvgIpc) is 3.09. The van der Waals surface area contributed by atoms with Crippen LogP contribution in [0.1, 0.15) is 18.4 Å². The Morgan fingerprint density at radius 1 is 1.22 bits per heavy atom. The number of hydrogen-bond acceptors (Lipinski definition) is 6. The Kier molecular flexibility index (Phi) is 5.02. The van der Waals surface area contributed by atoms with E-state index in [-0.39, 0.29) is 11.9 Å². The van der Waals surface area contributed by atoms with Crippen molar-refractivity contribution in [3.8, 4) is 22.8 Å². The molecule has 1 saturated heterocycles.